The van der Waals surface area contributed by atoms with Gasteiger partial charge >= 0.3 is 0 Å². The fourth-order valence-electron chi connectivity index (χ4n) is 1.74. The first-order chi connectivity index (χ1) is 6.31. The Morgan fingerprint density at radius 2 is 2.62 bits per heavy atom. The van der Waals surface area contributed by atoms with Gasteiger partial charge in [0.15, 0.2) is 0 Å². The third-order valence-corrected chi connectivity index (χ3v) is 2.54. The smallest absolute Gasteiger partial charge is 0.222 e. The van der Waals surface area contributed by atoms with Crippen LogP contribution in [0.2, 0.25) is 0 Å². The van der Waals surface area contributed by atoms with Crippen LogP contribution in [0.5, 0.6) is 0 Å². The number of fused-ring (bicyclic) bond motifs is 1. The van der Waals surface area contributed by atoms with Crippen molar-refractivity contribution in [3.05, 3.63) is 0 Å². The zero-order chi connectivity index (χ0) is 9.26. The Morgan fingerprint density at radius 3 is 3.38 bits per heavy atom. The lowest BCUT2D eigenvalue weighted by Crippen LogP contribution is -2.44. The van der Waals surface area contributed by atoms with Crippen molar-refractivity contribution in [3.63, 3.8) is 0 Å². The van der Waals surface area contributed by atoms with Gasteiger partial charge in [-0.05, 0) is 6.42 Å². The molecule has 0 spiro atoms. The Balaban J connectivity index is 2.02. The summed E-state index contributed by atoms with van der Waals surface area (Å²) in [6, 6.07) is 0.265. The van der Waals surface area contributed by atoms with Gasteiger partial charge in [-0.1, -0.05) is 6.92 Å². The average Bonchev–Trinajstić information content (AvgIpc) is 2.63. The van der Waals surface area contributed by atoms with Crippen LogP contribution >= 0.6 is 0 Å². The quantitative estimate of drug-likeness (QED) is 0.577. The molecule has 1 unspecified atom stereocenters. The first kappa shape index (κ1) is 8.41. The predicted octanol–water partition coefficient (Wildman–Crippen LogP) is 0.480. The predicted molar refractivity (Wildman–Crippen MR) is 51.2 cm³/mol. The van der Waals surface area contributed by atoms with Gasteiger partial charge in [-0.2, -0.15) is 0 Å². The molecule has 1 atom stereocenters. The van der Waals surface area contributed by atoms with Crippen molar-refractivity contribution >= 4 is 18.0 Å². The molecule has 2 aliphatic rings. The van der Waals surface area contributed by atoms with Gasteiger partial charge in [0.05, 0.1) is 18.3 Å². The molecule has 2 aliphatic heterocycles. The maximum atomic E-state index is 11.4. The molecule has 1 fully saturated rings. The minimum Gasteiger partial charge on any atom is -0.337 e. The van der Waals surface area contributed by atoms with E-state index in [4.69, 9.17) is 0 Å². The van der Waals surface area contributed by atoms with Crippen LogP contribution < -0.4 is 0 Å². The summed E-state index contributed by atoms with van der Waals surface area (Å²) in [6.45, 7) is 3.40. The van der Waals surface area contributed by atoms with Crippen LogP contribution in [-0.2, 0) is 4.79 Å². The highest BCUT2D eigenvalue weighted by atomic mass is 16.2. The summed E-state index contributed by atoms with van der Waals surface area (Å²) in [6.07, 6.45) is 3.12. The first-order valence-corrected chi connectivity index (χ1v) is 4.67. The van der Waals surface area contributed by atoms with Crippen molar-refractivity contribution < 1.29 is 4.79 Å². The number of carbonyl (C=O) groups is 1. The Hall–Kier alpha value is -1.19. The molecule has 0 N–H and O–H groups in total. The van der Waals surface area contributed by atoms with E-state index in [2.05, 4.69) is 9.98 Å². The Morgan fingerprint density at radius 1 is 1.77 bits per heavy atom. The van der Waals surface area contributed by atoms with E-state index in [1.807, 2.05) is 11.8 Å². The molecule has 0 aromatic rings. The molecule has 13 heavy (non-hydrogen) atoms. The van der Waals surface area contributed by atoms with Crippen molar-refractivity contribution in [3.8, 4) is 0 Å². The summed E-state index contributed by atoms with van der Waals surface area (Å²) in [5.74, 6) is 0.216. The molecule has 0 radical (unpaired) electrons. The normalized spacial score (nSPS) is 25.8. The summed E-state index contributed by atoms with van der Waals surface area (Å²) in [7, 11) is 0. The van der Waals surface area contributed by atoms with E-state index in [1.165, 1.54) is 0 Å². The van der Waals surface area contributed by atoms with E-state index in [0.29, 0.717) is 13.0 Å². The van der Waals surface area contributed by atoms with Gasteiger partial charge in [0, 0.05) is 13.0 Å². The maximum absolute atomic E-state index is 11.4. The molecule has 0 aliphatic carbocycles. The number of piperidine rings is 1. The molecule has 2 heterocycles. The molecular weight excluding hydrogens is 166 g/mol. The van der Waals surface area contributed by atoms with Crippen LogP contribution in [0.3, 0.4) is 0 Å². The van der Waals surface area contributed by atoms with Crippen molar-refractivity contribution in [1.82, 2.24) is 4.90 Å². The molecule has 70 valence electrons. The lowest BCUT2D eigenvalue weighted by molar-refractivity contribution is -0.130. The van der Waals surface area contributed by atoms with Crippen molar-refractivity contribution in [2.75, 3.05) is 13.1 Å². The first-order valence-electron chi connectivity index (χ1n) is 4.67. The van der Waals surface area contributed by atoms with Crippen LogP contribution in [0.4, 0.5) is 0 Å². The number of hydrogen-bond donors (Lipinski definition) is 0. The number of nitrogens with zero attached hydrogens (tertiary/aromatic N) is 3. The van der Waals surface area contributed by atoms with E-state index in [1.54, 1.807) is 6.34 Å². The highest BCUT2D eigenvalue weighted by molar-refractivity contribution is 6.02. The zero-order valence-electron chi connectivity index (χ0n) is 7.73. The van der Waals surface area contributed by atoms with Crippen LogP contribution in [0.15, 0.2) is 9.98 Å². The van der Waals surface area contributed by atoms with Gasteiger partial charge < -0.3 is 4.90 Å². The second kappa shape index (κ2) is 3.28. The topological polar surface area (TPSA) is 45.0 Å². The van der Waals surface area contributed by atoms with Gasteiger partial charge in [0.1, 0.15) is 6.34 Å². The van der Waals surface area contributed by atoms with Crippen LogP contribution in [0.25, 0.3) is 0 Å². The number of aliphatic imine (C=N–C) groups is 2. The van der Waals surface area contributed by atoms with E-state index in [9.17, 15) is 4.79 Å². The number of likely N-dealkylation sites (tertiary alicyclic amines) is 1. The lowest BCUT2D eigenvalue weighted by atomic mass is 10.0. The number of rotatable bonds is 1. The Kier molecular flexibility index (Phi) is 2.12. The third kappa shape index (κ3) is 1.48. The van der Waals surface area contributed by atoms with E-state index >= 15 is 0 Å². The summed E-state index contributed by atoms with van der Waals surface area (Å²) in [4.78, 5) is 21.6. The zero-order valence-corrected chi connectivity index (χ0v) is 7.73. The molecule has 0 aromatic heterocycles. The van der Waals surface area contributed by atoms with E-state index in [0.717, 1.165) is 18.7 Å². The maximum Gasteiger partial charge on any atom is 0.222 e. The fourth-order valence-corrected chi connectivity index (χ4v) is 1.74. The standard InChI is InChI=1S/C9H13N3O/c1-2-9(13)12-4-3-7-8(5-12)11-6-10-7/h6-7H,2-5H2,1H3. The highest BCUT2D eigenvalue weighted by Crippen LogP contribution is 2.15. The van der Waals surface area contributed by atoms with Gasteiger partial charge in [-0.25, -0.2) is 4.99 Å². The summed E-state index contributed by atoms with van der Waals surface area (Å²) >= 11 is 0. The molecule has 2 rings (SSSR count). The monoisotopic (exact) mass is 179 g/mol. The number of carbonyl (C=O) groups excluding carboxylic acids is 1. The van der Waals surface area contributed by atoms with Crippen molar-refractivity contribution in [2.24, 2.45) is 9.98 Å². The van der Waals surface area contributed by atoms with Crippen LogP contribution in [0.1, 0.15) is 19.8 Å². The second-order valence-electron chi connectivity index (χ2n) is 3.36. The SMILES string of the molecule is CCC(=O)N1CCC2N=CN=C2C1. The van der Waals surface area contributed by atoms with Gasteiger partial charge in [-0.3, -0.25) is 9.79 Å². The van der Waals surface area contributed by atoms with E-state index in [-0.39, 0.29) is 11.9 Å². The molecular formula is C9H13N3O. The largest absolute Gasteiger partial charge is 0.337 e. The average molecular weight is 179 g/mol. The number of hydrogen-bond acceptors (Lipinski definition) is 3. The van der Waals surface area contributed by atoms with E-state index < -0.39 is 0 Å². The lowest BCUT2D eigenvalue weighted by Gasteiger charge is -2.29. The molecule has 4 heteroatoms. The van der Waals surface area contributed by atoms with Crippen LogP contribution in [0, 0.1) is 0 Å². The van der Waals surface area contributed by atoms with Crippen molar-refractivity contribution in [1.29, 1.82) is 0 Å². The Bertz CT molecular complexity index is 283. The molecule has 0 bridgehead atoms. The van der Waals surface area contributed by atoms with Gasteiger partial charge in [0.25, 0.3) is 0 Å². The second-order valence-corrected chi connectivity index (χ2v) is 3.36. The summed E-state index contributed by atoms with van der Waals surface area (Å²) in [5.41, 5.74) is 1.05. The molecule has 4 nitrogen and oxygen atoms in total. The number of amides is 1. The van der Waals surface area contributed by atoms with Crippen LogP contribution in [-0.4, -0.2) is 42.0 Å². The summed E-state index contributed by atoms with van der Waals surface area (Å²) < 4.78 is 0. The van der Waals surface area contributed by atoms with Gasteiger partial charge in [-0.15, -0.1) is 0 Å². The minimum absolute atomic E-state index is 0.216. The minimum atomic E-state index is 0.216. The fraction of sp³-hybridized carbons (Fsp3) is 0.667. The molecule has 0 saturated carbocycles. The molecule has 1 saturated heterocycles. The molecule has 1 amide bonds. The third-order valence-electron chi connectivity index (χ3n) is 2.54. The van der Waals surface area contributed by atoms with Gasteiger partial charge in [0.2, 0.25) is 5.91 Å². The molecule has 0 aromatic carbocycles. The summed E-state index contributed by atoms with van der Waals surface area (Å²) in [5, 5.41) is 0. The Labute approximate surface area is 77.4 Å². The van der Waals surface area contributed by atoms with Crippen molar-refractivity contribution in [2.45, 2.75) is 25.8 Å². The highest BCUT2D eigenvalue weighted by Gasteiger charge is 2.28.